The Morgan fingerprint density at radius 3 is 2.60 bits per heavy atom. The second-order valence-electron chi connectivity index (χ2n) is 3.87. The number of anilines is 1. The lowest BCUT2D eigenvalue weighted by molar-refractivity contribution is -0.384. The molecule has 0 radical (unpaired) electrons. The molecule has 1 aromatic carbocycles. The van der Waals surface area contributed by atoms with Crippen molar-refractivity contribution in [1.82, 2.24) is 0 Å². The van der Waals surface area contributed by atoms with Crippen LogP contribution in [0.4, 0.5) is 11.4 Å². The van der Waals surface area contributed by atoms with Crippen molar-refractivity contribution < 1.29 is 4.92 Å². The molecular formula is C13H8N4O2S. The van der Waals surface area contributed by atoms with Gasteiger partial charge in [0.2, 0.25) is 0 Å². The van der Waals surface area contributed by atoms with Gasteiger partial charge in [0.25, 0.3) is 5.69 Å². The number of nitro benzene ring substituents is 1. The molecule has 1 N–H and O–H groups in total. The fourth-order valence-corrected chi connectivity index (χ4v) is 2.37. The quantitative estimate of drug-likeness (QED) is 0.686. The standard InChI is InChI=1S/C13H8N4O2S/c14-5-9-1-2-12(13(4-9)17(18)19)16-7-11-3-10(6-15)8-20-11/h1-4,8,16H,7H2. The van der Waals surface area contributed by atoms with Gasteiger partial charge in [0.05, 0.1) is 22.1 Å². The summed E-state index contributed by atoms with van der Waals surface area (Å²) < 4.78 is 0. The molecule has 0 saturated heterocycles. The molecular weight excluding hydrogens is 276 g/mol. The Hall–Kier alpha value is -2.90. The highest BCUT2D eigenvalue weighted by Crippen LogP contribution is 2.26. The van der Waals surface area contributed by atoms with Crippen LogP contribution in [0.25, 0.3) is 0 Å². The van der Waals surface area contributed by atoms with Gasteiger partial charge in [0.15, 0.2) is 0 Å². The summed E-state index contributed by atoms with van der Waals surface area (Å²) >= 11 is 1.41. The Morgan fingerprint density at radius 1 is 1.25 bits per heavy atom. The van der Waals surface area contributed by atoms with E-state index in [0.717, 1.165) is 4.88 Å². The molecule has 1 heterocycles. The maximum Gasteiger partial charge on any atom is 0.293 e. The number of thiophene rings is 1. The van der Waals surface area contributed by atoms with Crippen molar-refractivity contribution in [3.8, 4) is 12.1 Å². The van der Waals surface area contributed by atoms with E-state index in [1.165, 1.54) is 29.5 Å². The van der Waals surface area contributed by atoms with Crippen LogP contribution in [0.1, 0.15) is 16.0 Å². The molecule has 0 aliphatic heterocycles. The summed E-state index contributed by atoms with van der Waals surface area (Å²) in [5.74, 6) is 0. The van der Waals surface area contributed by atoms with Gasteiger partial charge < -0.3 is 5.32 Å². The SMILES string of the molecule is N#Cc1csc(CNc2ccc(C#N)cc2[N+](=O)[O-])c1. The van der Waals surface area contributed by atoms with E-state index in [4.69, 9.17) is 10.5 Å². The van der Waals surface area contributed by atoms with E-state index in [-0.39, 0.29) is 11.3 Å². The van der Waals surface area contributed by atoms with Crippen LogP contribution < -0.4 is 5.32 Å². The average Bonchev–Trinajstić information content (AvgIpc) is 2.92. The number of nitriles is 2. The number of hydrogen-bond donors (Lipinski definition) is 1. The van der Waals surface area contributed by atoms with Crippen LogP contribution in [0.3, 0.4) is 0 Å². The minimum Gasteiger partial charge on any atom is -0.375 e. The molecule has 0 saturated carbocycles. The van der Waals surface area contributed by atoms with Gasteiger partial charge in [-0.25, -0.2) is 0 Å². The maximum absolute atomic E-state index is 11.0. The Labute approximate surface area is 118 Å². The van der Waals surface area contributed by atoms with Crippen molar-refractivity contribution in [3.05, 3.63) is 55.8 Å². The van der Waals surface area contributed by atoms with Gasteiger partial charge >= 0.3 is 0 Å². The molecule has 20 heavy (non-hydrogen) atoms. The number of nitrogens with zero attached hydrogens (tertiary/aromatic N) is 3. The minimum absolute atomic E-state index is 0.138. The molecule has 0 aliphatic rings. The second-order valence-corrected chi connectivity index (χ2v) is 4.86. The van der Waals surface area contributed by atoms with Gasteiger partial charge in [0.1, 0.15) is 11.8 Å². The van der Waals surface area contributed by atoms with Crippen molar-refractivity contribution in [2.24, 2.45) is 0 Å². The molecule has 0 atom stereocenters. The highest BCUT2D eigenvalue weighted by Gasteiger charge is 2.14. The first-order valence-electron chi connectivity index (χ1n) is 5.54. The van der Waals surface area contributed by atoms with Crippen LogP contribution >= 0.6 is 11.3 Å². The monoisotopic (exact) mass is 284 g/mol. The van der Waals surface area contributed by atoms with Gasteiger partial charge in [-0.15, -0.1) is 11.3 Å². The molecule has 0 bridgehead atoms. The summed E-state index contributed by atoms with van der Waals surface area (Å²) in [6.07, 6.45) is 0. The summed E-state index contributed by atoms with van der Waals surface area (Å²) in [6, 6.07) is 9.89. The fourth-order valence-electron chi connectivity index (χ4n) is 1.62. The highest BCUT2D eigenvalue weighted by molar-refractivity contribution is 7.10. The van der Waals surface area contributed by atoms with Crippen molar-refractivity contribution in [1.29, 1.82) is 10.5 Å². The lowest BCUT2D eigenvalue weighted by Gasteiger charge is -2.05. The molecule has 0 unspecified atom stereocenters. The highest BCUT2D eigenvalue weighted by atomic mass is 32.1. The number of nitro groups is 1. The minimum atomic E-state index is -0.529. The van der Waals surface area contributed by atoms with Gasteiger partial charge in [-0.05, 0) is 18.2 Å². The molecule has 2 aromatic rings. The predicted octanol–water partition coefficient (Wildman–Crippen LogP) is 3.01. The molecule has 0 fully saturated rings. The van der Waals surface area contributed by atoms with Crippen LogP contribution in [-0.4, -0.2) is 4.92 Å². The molecule has 6 nitrogen and oxygen atoms in total. The Kier molecular flexibility index (Phi) is 3.94. The summed E-state index contributed by atoms with van der Waals surface area (Å²) in [7, 11) is 0. The van der Waals surface area contributed by atoms with Crippen LogP contribution in [0.15, 0.2) is 29.6 Å². The molecule has 0 aliphatic carbocycles. The van der Waals surface area contributed by atoms with E-state index in [0.29, 0.717) is 17.8 Å². The first-order chi connectivity index (χ1) is 9.63. The topological polar surface area (TPSA) is 103 Å². The Bertz CT molecular complexity index is 740. The van der Waals surface area contributed by atoms with E-state index in [1.54, 1.807) is 11.4 Å². The molecule has 0 amide bonds. The number of nitrogens with one attached hydrogen (secondary N) is 1. The predicted molar refractivity (Wildman–Crippen MR) is 74.2 cm³/mol. The zero-order chi connectivity index (χ0) is 14.5. The second kappa shape index (κ2) is 5.83. The first kappa shape index (κ1) is 13.5. The first-order valence-corrected chi connectivity index (χ1v) is 6.42. The van der Waals surface area contributed by atoms with Crippen molar-refractivity contribution in [2.45, 2.75) is 6.54 Å². The van der Waals surface area contributed by atoms with E-state index >= 15 is 0 Å². The zero-order valence-corrected chi connectivity index (χ0v) is 11.0. The van der Waals surface area contributed by atoms with E-state index in [1.807, 2.05) is 12.1 Å². The largest absolute Gasteiger partial charge is 0.375 e. The van der Waals surface area contributed by atoms with E-state index in [2.05, 4.69) is 5.32 Å². The number of hydrogen-bond acceptors (Lipinski definition) is 6. The third-order valence-corrected chi connectivity index (χ3v) is 3.50. The Morgan fingerprint density at radius 2 is 2.00 bits per heavy atom. The van der Waals surface area contributed by atoms with Crippen LogP contribution in [0.5, 0.6) is 0 Å². The van der Waals surface area contributed by atoms with Gasteiger partial charge in [-0.3, -0.25) is 10.1 Å². The molecule has 2 rings (SSSR count). The van der Waals surface area contributed by atoms with Crippen LogP contribution in [0, 0.1) is 32.8 Å². The van der Waals surface area contributed by atoms with Crippen LogP contribution in [0.2, 0.25) is 0 Å². The molecule has 98 valence electrons. The molecule has 1 aromatic heterocycles. The average molecular weight is 284 g/mol. The maximum atomic E-state index is 11.0. The number of rotatable bonds is 4. The van der Waals surface area contributed by atoms with Gasteiger partial charge in [-0.2, -0.15) is 10.5 Å². The summed E-state index contributed by atoms with van der Waals surface area (Å²) in [5.41, 5.74) is 1.02. The fraction of sp³-hybridized carbons (Fsp3) is 0.0769. The third-order valence-electron chi connectivity index (χ3n) is 2.56. The zero-order valence-electron chi connectivity index (χ0n) is 10.2. The van der Waals surface area contributed by atoms with Crippen molar-refractivity contribution in [2.75, 3.05) is 5.32 Å². The van der Waals surface area contributed by atoms with Gasteiger partial charge in [0, 0.05) is 22.9 Å². The third kappa shape index (κ3) is 2.91. The van der Waals surface area contributed by atoms with Crippen LogP contribution in [-0.2, 0) is 6.54 Å². The lowest BCUT2D eigenvalue weighted by Crippen LogP contribution is -2.01. The number of benzene rings is 1. The Balaban J connectivity index is 2.19. The smallest absolute Gasteiger partial charge is 0.293 e. The summed E-state index contributed by atoms with van der Waals surface area (Å²) in [5, 5.41) is 33.1. The summed E-state index contributed by atoms with van der Waals surface area (Å²) in [4.78, 5) is 11.3. The molecule has 0 spiro atoms. The van der Waals surface area contributed by atoms with E-state index in [9.17, 15) is 10.1 Å². The van der Waals surface area contributed by atoms with Crippen molar-refractivity contribution in [3.63, 3.8) is 0 Å². The lowest BCUT2D eigenvalue weighted by atomic mass is 10.2. The summed E-state index contributed by atoms with van der Waals surface area (Å²) in [6.45, 7) is 0.388. The van der Waals surface area contributed by atoms with Crippen molar-refractivity contribution >= 4 is 22.7 Å². The normalized spacial score (nSPS) is 9.50. The molecule has 7 heteroatoms. The van der Waals surface area contributed by atoms with Gasteiger partial charge in [-0.1, -0.05) is 0 Å². The van der Waals surface area contributed by atoms with E-state index < -0.39 is 4.92 Å².